The second-order valence-electron chi connectivity index (χ2n) is 8.44. The molecule has 0 heterocycles. The second kappa shape index (κ2) is 7.48. The van der Waals surface area contributed by atoms with Gasteiger partial charge in [0.1, 0.15) is 0 Å². The van der Waals surface area contributed by atoms with Crippen molar-refractivity contribution in [2.45, 2.75) is 48.0 Å². The zero-order valence-electron chi connectivity index (χ0n) is 18.4. The number of allylic oxidation sites excluding steroid dienone is 4. The fourth-order valence-electron chi connectivity index (χ4n) is 4.58. The van der Waals surface area contributed by atoms with Crippen molar-refractivity contribution in [3.63, 3.8) is 0 Å². The topological polar surface area (TPSA) is 12.4 Å². The fourth-order valence-corrected chi connectivity index (χ4v) is 4.58. The highest BCUT2D eigenvalue weighted by Crippen LogP contribution is 2.40. The minimum absolute atomic E-state index is 1.03. The summed E-state index contributed by atoms with van der Waals surface area (Å²) in [4.78, 5) is 5.00. The maximum Gasteiger partial charge on any atom is 0.0688 e. The molecule has 0 atom stereocenters. The van der Waals surface area contributed by atoms with Crippen LogP contribution < -0.4 is 0 Å². The van der Waals surface area contributed by atoms with Crippen molar-refractivity contribution in [2.24, 2.45) is 4.99 Å². The molecular formula is C28H29N. The van der Waals surface area contributed by atoms with E-state index in [1.165, 1.54) is 60.9 Å². The lowest BCUT2D eigenvalue weighted by molar-refractivity contribution is 1.22. The minimum Gasteiger partial charge on any atom is -0.256 e. The quantitative estimate of drug-likeness (QED) is 0.408. The first kappa shape index (κ1) is 19.4. The smallest absolute Gasteiger partial charge is 0.0688 e. The Kier molecular flexibility index (Phi) is 5.00. The lowest BCUT2D eigenvalue weighted by Gasteiger charge is -2.13. The summed E-state index contributed by atoms with van der Waals surface area (Å²) in [6.07, 6.45) is 3.12. The molecule has 29 heavy (non-hydrogen) atoms. The first-order valence-corrected chi connectivity index (χ1v) is 10.4. The molecule has 0 aromatic heterocycles. The summed E-state index contributed by atoms with van der Waals surface area (Å²) in [6, 6.07) is 17.6. The minimum atomic E-state index is 1.03. The highest BCUT2D eigenvalue weighted by atomic mass is 14.7. The van der Waals surface area contributed by atoms with E-state index in [0.29, 0.717) is 0 Å². The molecule has 0 saturated heterocycles. The molecule has 3 aromatic carbocycles. The van der Waals surface area contributed by atoms with Gasteiger partial charge in [0.15, 0.2) is 0 Å². The molecule has 0 fully saturated rings. The van der Waals surface area contributed by atoms with Crippen molar-refractivity contribution in [3.05, 3.63) is 93.1 Å². The molecular weight excluding hydrogens is 350 g/mol. The Labute approximate surface area is 174 Å². The summed E-state index contributed by atoms with van der Waals surface area (Å²) in [5, 5.41) is 2.52. The van der Waals surface area contributed by atoms with E-state index in [4.69, 9.17) is 4.99 Å². The van der Waals surface area contributed by atoms with E-state index in [9.17, 15) is 0 Å². The molecule has 0 radical (unpaired) electrons. The van der Waals surface area contributed by atoms with Crippen molar-refractivity contribution in [1.82, 2.24) is 0 Å². The van der Waals surface area contributed by atoms with E-state index < -0.39 is 0 Å². The van der Waals surface area contributed by atoms with Gasteiger partial charge in [0.05, 0.1) is 5.69 Å². The van der Waals surface area contributed by atoms with E-state index in [2.05, 4.69) is 96.3 Å². The number of rotatable bonds is 3. The zero-order chi connectivity index (χ0) is 20.7. The van der Waals surface area contributed by atoms with Crippen LogP contribution in [0.5, 0.6) is 0 Å². The van der Waals surface area contributed by atoms with Crippen LogP contribution in [-0.2, 0) is 0 Å². The maximum absolute atomic E-state index is 5.00. The third kappa shape index (κ3) is 3.46. The molecule has 4 rings (SSSR count). The normalized spacial score (nSPS) is 14.7. The van der Waals surface area contributed by atoms with Crippen LogP contribution in [0.15, 0.2) is 70.2 Å². The van der Waals surface area contributed by atoms with Crippen LogP contribution in [0.1, 0.15) is 55.0 Å². The summed E-state index contributed by atoms with van der Waals surface area (Å²) in [5.74, 6) is 0. The van der Waals surface area contributed by atoms with Gasteiger partial charge in [0.25, 0.3) is 0 Å². The second-order valence-corrected chi connectivity index (χ2v) is 8.44. The number of hydrogen-bond acceptors (Lipinski definition) is 1. The van der Waals surface area contributed by atoms with Gasteiger partial charge in [0, 0.05) is 11.8 Å². The third-order valence-corrected chi connectivity index (χ3v) is 6.35. The lowest BCUT2D eigenvalue weighted by atomic mass is 9.92. The van der Waals surface area contributed by atoms with Crippen molar-refractivity contribution in [2.75, 3.05) is 0 Å². The summed E-state index contributed by atoms with van der Waals surface area (Å²) < 4.78 is 0. The van der Waals surface area contributed by atoms with Gasteiger partial charge in [-0.2, -0.15) is 0 Å². The van der Waals surface area contributed by atoms with E-state index >= 15 is 0 Å². The van der Waals surface area contributed by atoms with E-state index in [0.717, 1.165) is 12.1 Å². The highest BCUT2D eigenvalue weighted by Gasteiger charge is 2.20. The predicted octanol–water partition coefficient (Wildman–Crippen LogP) is 8.03. The monoisotopic (exact) mass is 379 g/mol. The standard InChI is InChI=1S/C28H29N/c1-17-13-19(3)28(20(4)14-17)29-16-27-24-10-8-7-9-23(24)11-12-25(27)26-15-18(2)21(5)22(26)6/h7-14,16H,15H2,1-6H3. The van der Waals surface area contributed by atoms with Crippen LogP contribution in [0, 0.1) is 20.8 Å². The maximum atomic E-state index is 5.00. The first-order valence-electron chi connectivity index (χ1n) is 10.4. The van der Waals surface area contributed by atoms with Gasteiger partial charge >= 0.3 is 0 Å². The predicted molar refractivity (Wildman–Crippen MR) is 127 cm³/mol. The number of hydrogen-bond donors (Lipinski definition) is 0. The molecule has 146 valence electrons. The number of nitrogens with zero attached hydrogens (tertiary/aromatic N) is 1. The summed E-state index contributed by atoms with van der Waals surface area (Å²) >= 11 is 0. The molecule has 1 heteroatoms. The van der Waals surface area contributed by atoms with Gasteiger partial charge in [-0.1, -0.05) is 59.7 Å². The average molecular weight is 380 g/mol. The van der Waals surface area contributed by atoms with Crippen LogP contribution in [0.25, 0.3) is 16.3 Å². The fraction of sp³-hybridized carbons (Fsp3) is 0.250. The van der Waals surface area contributed by atoms with Gasteiger partial charge in [0.2, 0.25) is 0 Å². The van der Waals surface area contributed by atoms with Crippen LogP contribution in [0.2, 0.25) is 0 Å². The van der Waals surface area contributed by atoms with Crippen LogP contribution in [0.4, 0.5) is 5.69 Å². The molecule has 0 spiro atoms. The van der Waals surface area contributed by atoms with E-state index in [1.54, 1.807) is 0 Å². The molecule has 0 amide bonds. The summed E-state index contributed by atoms with van der Waals surface area (Å²) in [6.45, 7) is 13.2. The molecule has 1 aliphatic carbocycles. The molecule has 0 saturated carbocycles. The van der Waals surface area contributed by atoms with Crippen molar-refractivity contribution in [1.29, 1.82) is 0 Å². The third-order valence-electron chi connectivity index (χ3n) is 6.35. The number of aryl methyl sites for hydroxylation is 3. The summed E-state index contributed by atoms with van der Waals surface area (Å²) in [7, 11) is 0. The van der Waals surface area contributed by atoms with Crippen LogP contribution in [0.3, 0.4) is 0 Å². The van der Waals surface area contributed by atoms with Crippen molar-refractivity contribution < 1.29 is 0 Å². The van der Waals surface area contributed by atoms with Gasteiger partial charge < -0.3 is 0 Å². The van der Waals surface area contributed by atoms with E-state index in [1.807, 2.05) is 0 Å². The highest BCUT2D eigenvalue weighted by molar-refractivity contribution is 6.06. The van der Waals surface area contributed by atoms with Crippen LogP contribution in [-0.4, -0.2) is 6.21 Å². The zero-order valence-corrected chi connectivity index (χ0v) is 18.4. The lowest BCUT2D eigenvalue weighted by Crippen LogP contribution is -1.96. The summed E-state index contributed by atoms with van der Waals surface area (Å²) in [5.41, 5.74) is 13.1. The SMILES string of the molecule is CC1=C(C)C(C)=C(c2ccc3ccccc3c2C=Nc2c(C)cc(C)cc2C)C1. The molecule has 1 aliphatic rings. The average Bonchev–Trinajstić information content (AvgIpc) is 2.94. The largest absolute Gasteiger partial charge is 0.256 e. The van der Waals surface area contributed by atoms with Gasteiger partial charge in [-0.3, -0.25) is 4.99 Å². The Morgan fingerprint density at radius 2 is 1.48 bits per heavy atom. The Balaban J connectivity index is 1.92. The number of fused-ring (bicyclic) bond motifs is 1. The Bertz CT molecular complexity index is 1200. The van der Waals surface area contributed by atoms with Crippen molar-refractivity contribution in [3.8, 4) is 0 Å². The molecule has 0 unspecified atom stereocenters. The molecule has 0 bridgehead atoms. The first-order chi connectivity index (χ1) is 13.9. The molecule has 0 N–H and O–H groups in total. The van der Waals surface area contributed by atoms with Gasteiger partial charge in [-0.05, 0) is 92.1 Å². The van der Waals surface area contributed by atoms with E-state index in [-0.39, 0.29) is 0 Å². The molecule has 1 nitrogen and oxygen atoms in total. The molecule has 0 aliphatic heterocycles. The Hall–Kier alpha value is -2.93. The van der Waals surface area contributed by atoms with Gasteiger partial charge in [-0.15, -0.1) is 0 Å². The van der Waals surface area contributed by atoms with Gasteiger partial charge in [-0.25, -0.2) is 0 Å². The Morgan fingerprint density at radius 1 is 0.793 bits per heavy atom. The Morgan fingerprint density at radius 3 is 2.14 bits per heavy atom. The van der Waals surface area contributed by atoms with Crippen LogP contribution >= 0.6 is 0 Å². The molecule has 3 aromatic rings. The number of aliphatic imine (C=N–C) groups is 1. The van der Waals surface area contributed by atoms with Crippen molar-refractivity contribution >= 4 is 28.2 Å². The number of benzene rings is 3.